The van der Waals surface area contributed by atoms with Crippen LogP contribution in [0, 0.1) is 19.5 Å². The van der Waals surface area contributed by atoms with Crippen molar-refractivity contribution in [1.82, 2.24) is 5.32 Å². The van der Waals surface area contributed by atoms with E-state index < -0.39 is 10.7 Å². The first-order chi connectivity index (χ1) is 10.0. The lowest BCUT2D eigenvalue weighted by Gasteiger charge is -2.08. The van der Waals surface area contributed by atoms with Crippen LogP contribution in [0.4, 0.5) is 10.1 Å². The van der Waals surface area contributed by atoms with E-state index in [-0.39, 0.29) is 15.0 Å². The van der Waals surface area contributed by atoms with E-state index in [4.69, 9.17) is 4.74 Å². The molecule has 0 heterocycles. The summed E-state index contributed by atoms with van der Waals surface area (Å²) in [6.45, 7) is 0.707. The van der Waals surface area contributed by atoms with Crippen LogP contribution in [0.3, 0.4) is 0 Å². The Morgan fingerprint density at radius 2 is 2.00 bits per heavy atom. The zero-order chi connectivity index (χ0) is 15.4. The normalized spacial score (nSPS) is 10.4. The molecule has 0 bridgehead atoms. The number of nitrogens with zero attached hydrogens (tertiary/aromatic N) is 1. The van der Waals surface area contributed by atoms with Gasteiger partial charge in [-0.05, 0) is 47.3 Å². The van der Waals surface area contributed by atoms with E-state index >= 15 is 0 Å². The largest absolute Gasteiger partial charge is 0.450 e. The van der Waals surface area contributed by atoms with E-state index in [1.807, 2.05) is 19.2 Å². The number of nitrogens with one attached hydrogen (secondary N) is 1. The fourth-order valence-electron chi connectivity index (χ4n) is 1.75. The maximum Gasteiger partial charge on any atom is 0.312 e. The first kappa shape index (κ1) is 15.6. The molecule has 2 rings (SSSR count). The number of nitro groups is 1. The van der Waals surface area contributed by atoms with Crippen molar-refractivity contribution >= 4 is 28.3 Å². The van der Waals surface area contributed by atoms with Crippen LogP contribution >= 0.6 is 22.6 Å². The lowest BCUT2D eigenvalue weighted by Crippen LogP contribution is -2.04. The monoisotopic (exact) mass is 402 g/mol. The molecule has 5 nitrogen and oxygen atoms in total. The molecule has 110 valence electrons. The van der Waals surface area contributed by atoms with Crippen LogP contribution in [0.15, 0.2) is 36.4 Å². The molecule has 0 unspecified atom stereocenters. The van der Waals surface area contributed by atoms with Gasteiger partial charge in [-0.25, -0.2) is 4.39 Å². The van der Waals surface area contributed by atoms with Crippen LogP contribution in [0.2, 0.25) is 0 Å². The second kappa shape index (κ2) is 6.81. The van der Waals surface area contributed by atoms with Crippen molar-refractivity contribution in [2.75, 3.05) is 7.05 Å². The van der Waals surface area contributed by atoms with Gasteiger partial charge >= 0.3 is 5.69 Å². The molecular weight excluding hydrogens is 390 g/mol. The fraction of sp³-hybridized carbons (Fsp3) is 0.143. The Hall–Kier alpha value is -1.74. The smallest absolute Gasteiger partial charge is 0.312 e. The zero-order valence-corrected chi connectivity index (χ0v) is 13.3. The SMILES string of the molecule is CNCc1ccc(Oc2cc(F)c(I)cc2[N+](=O)[O-])cc1. The molecule has 0 aliphatic carbocycles. The highest BCUT2D eigenvalue weighted by atomic mass is 127. The Balaban J connectivity index is 2.30. The lowest BCUT2D eigenvalue weighted by molar-refractivity contribution is -0.385. The van der Waals surface area contributed by atoms with Crippen LogP contribution < -0.4 is 10.1 Å². The molecule has 0 aliphatic heterocycles. The minimum absolute atomic E-state index is 0.112. The minimum Gasteiger partial charge on any atom is -0.450 e. The molecule has 1 N–H and O–H groups in total. The van der Waals surface area contributed by atoms with Gasteiger partial charge in [0.25, 0.3) is 0 Å². The van der Waals surface area contributed by atoms with Crippen LogP contribution in [-0.2, 0) is 6.54 Å². The van der Waals surface area contributed by atoms with Crippen molar-refractivity contribution in [2.24, 2.45) is 0 Å². The van der Waals surface area contributed by atoms with Crippen LogP contribution in [0.5, 0.6) is 11.5 Å². The van der Waals surface area contributed by atoms with E-state index in [0.717, 1.165) is 17.7 Å². The van der Waals surface area contributed by atoms with Gasteiger partial charge in [0.1, 0.15) is 11.6 Å². The number of halogens is 2. The van der Waals surface area contributed by atoms with Gasteiger partial charge in [0.2, 0.25) is 5.75 Å². The Morgan fingerprint density at radius 3 is 2.57 bits per heavy atom. The summed E-state index contributed by atoms with van der Waals surface area (Å²) < 4.78 is 19.2. The number of rotatable bonds is 5. The molecule has 0 saturated heterocycles. The summed E-state index contributed by atoms with van der Waals surface area (Å²) in [6, 6.07) is 9.22. The summed E-state index contributed by atoms with van der Waals surface area (Å²) in [5.74, 6) is -0.249. The summed E-state index contributed by atoms with van der Waals surface area (Å²) in [7, 11) is 1.84. The minimum atomic E-state index is -0.591. The van der Waals surface area contributed by atoms with Crippen LogP contribution in [-0.4, -0.2) is 12.0 Å². The molecule has 0 aromatic heterocycles. The zero-order valence-electron chi connectivity index (χ0n) is 11.1. The van der Waals surface area contributed by atoms with Crippen molar-refractivity contribution < 1.29 is 14.1 Å². The third kappa shape index (κ3) is 3.88. The van der Waals surface area contributed by atoms with Gasteiger partial charge in [-0.2, -0.15) is 0 Å². The quantitative estimate of drug-likeness (QED) is 0.469. The van der Waals surface area contributed by atoms with Crippen LogP contribution in [0.25, 0.3) is 0 Å². The predicted octanol–water partition coefficient (Wildman–Crippen LogP) is 3.85. The van der Waals surface area contributed by atoms with Gasteiger partial charge in [0.15, 0.2) is 0 Å². The first-order valence-electron chi connectivity index (χ1n) is 6.06. The van der Waals surface area contributed by atoms with E-state index in [1.54, 1.807) is 34.7 Å². The molecule has 2 aromatic carbocycles. The second-order valence-corrected chi connectivity index (χ2v) is 5.43. The number of hydrogen-bond acceptors (Lipinski definition) is 4. The van der Waals surface area contributed by atoms with Crippen molar-refractivity contribution in [1.29, 1.82) is 0 Å². The van der Waals surface area contributed by atoms with Gasteiger partial charge in [0, 0.05) is 18.7 Å². The van der Waals surface area contributed by atoms with Crippen molar-refractivity contribution in [2.45, 2.75) is 6.54 Å². The summed E-state index contributed by atoms with van der Waals surface area (Å²) in [6.07, 6.45) is 0. The highest BCUT2D eigenvalue weighted by Gasteiger charge is 2.19. The summed E-state index contributed by atoms with van der Waals surface area (Å²) >= 11 is 1.70. The van der Waals surface area contributed by atoms with Gasteiger partial charge in [0.05, 0.1) is 8.49 Å². The summed E-state index contributed by atoms with van der Waals surface area (Å²) in [5.41, 5.74) is 0.785. The van der Waals surface area contributed by atoms with Crippen molar-refractivity contribution in [3.8, 4) is 11.5 Å². The lowest BCUT2D eigenvalue weighted by atomic mass is 10.2. The highest BCUT2D eigenvalue weighted by Crippen LogP contribution is 2.34. The van der Waals surface area contributed by atoms with Crippen molar-refractivity contribution in [3.05, 3.63) is 61.5 Å². The van der Waals surface area contributed by atoms with Crippen LogP contribution in [0.1, 0.15) is 5.56 Å². The molecule has 0 spiro atoms. The molecule has 0 aliphatic rings. The number of hydrogen-bond donors (Lipinski definition) is 1. The Kier molecular flexibility index (Phi) is 5.07. The van der Waals surface area contributed by atoms with E-state index in [9.17, 15) is 14.5 Å². The average Bonchev–Trinajstić information content (AvgIpc) is 2.44. The fourth-order valence-corrected chi connectivity index (χ4v) is 2.20. The number of benzene rings is 2. The maximum absolute atomic E-state index is 13.6. The predicted molar refractivity (Wildman–Crippen MR) is 85.1 cm³/mol. The summed E-state index contributed by atoms with van der Waals surface area (Å²) in [4.78, 5) is 10.4. The second-order valence-electron chi connectivity index (χ2n) is 4.27. The molecule has 7 heteroatoms. The Labute approximate surface area is 134 Å². The molecular formula is C14H12FIN2O3. The third-order valence-corrected chi connectivity index (χ3v) is 3.56. The topological polar surface area (TPSA) is 64.4 Å². The Bertz CT molecular complexity index is 662. The number of ether oxygens (including phenoxy) is 1. The molecule has 0 atom stereocenters. The van der Waals surface area contributed by atoms with Gasteiger partial charge in [-0.15, -0.1) is 0 Å². The average molecular weight is 402 g/mol. The summed E-state index contributed by atoms with van der Waals surface area (Å²) in [5, 5.41) is 14.0. The standard InChI is InChI=1S/C14H12FIN2O3/c1-17-8-9-2-4-10(5-3-9)21-14-6-11(15)12(16)7-13(14)18(19)20/h2-7,17H,8H2,1H3. The van der Waals surface area contributed by atoms with E-state index in [0.29, 0.717) is 12.3 Å². The molecule has 0 radical (unpaired) electrons. The van der Waals surface area contributed by atoms with Gasteiger partial charge in [-0.1, -0.05) is 12.1 Å². The molecule has 21 heavy (non-hydrogen) atoms. The van der Waals surface area contributed by atoms with Gasteiger partial charge < -0.3 is 10.1 Å². The van der Waals surface area contributed by atoms with Crippen molar-refractivity contribution in [3.63, 3.8) is 0 Å². The molecule has 0 saturated carbocycles. The maximum atomic E-state index is 13.6. The highest BCUT2D eigenvalue weighted by molar-refractivity contribution is 14.1. The molecule has 0 amide bonds. The Morgan fingerprint density at radius 1 is 1.33 bits per heavy atom. The van der Waals surface area contributed by atoms with E-state index in [1.165, 1.54) is 0 Å². The first-order valence-corrected chi connectivity index (χ1v) is 7.14. The molecule has 0 fully saturated rings. The number of nitro benzene ring substituents is 1. The van der Waals surface area contributed by atoms with E-state index in [2.05, 4.69) is 5.32 Å². The molecule has 2 aromatic rings. The van der Waals surface area contributed by atoms with Gasteiger partial charge in [-0.3, -0.25) is 10.1 Å². The third-order valence-electron chi connectivity index (χ3n) is 2.73.